The van der Waals surface area contributed by atoms with Gasteiger partial charge in [0.15, 0.2) is 0 Å². The Morgan fingerprint density at radius 1 is 1.25 bits per heavy atom. The molecule has 2 aliphatic heterocycles. The summed E-state index contributed by atoms with van der Waals surface area (Å²) in [4.78, 5) is 46.6. The topological polar surface area (TPSA) is 144 Å². The zero-order chi connectivity index (χ0) is 17.1. The van der Waals surface area contributed by atoms with Gasteiger partial charge in [0.05, 0.1) is 6.61 Å². The SMILES string of the molecule is O=C(O)CCCC(=O)NC1C(=O)N2C(C(=O)O)=C(CO)CSC12.[Ac]. The molecule has 2 heterocycles. The van der Waals surface area contributed by atoms with Crippen LogP contribution < -0.4 is 5.32 Å². The normalized spacial score (nSPS) is 22.2. The van der Waals surface area contributed by atoms with E-state index in [0.29, 0.717) is 0 Å². The molecule has 1 saturated heterocycles. The smallest absolute Gasteiger partial charge is 0.352 e. The molecular weight excluding hydrogens is 555 g/mol. The van der Waals surface area contributed by atoms with Crippen LogP contribution in [0, 0.1) is 44.1 Å². The first kappa shape index (κ1) is 21.4. The fraction of sp³-hybridized carbons (Fsp3) is 0.538. The molecule has 2 amide bonds. The first-order chi connectivity index (χ1) is 10.9. The van der Waals surface area contributed by atoms with Gasteiger partial charge in [0.25, 0.3) is 5.91 Å². The molecule has 0 aromatic rings. The molecule has 9 nitrogen and oxygen atoms in total. The maximum Gasteiger partial charge on any atom is 0.352 e. The number of hydrogen-bond donors (Lipinski definition) is 4. The van der Waals surface area contributed by atoms with Gasteiger partial charge in [-0.15, -0.1) is 11.8 Å². The predicted octanol–water partition coefficient (Wildman–Crippen LogP) is -1.03. The Morgan fingerprint density at radius 3 is 2.46 bits per heavy atom. The number of β-lactam (4-membered cyclic amide) rings is 1. The van der Waals surface area contributed by atoms with Crippen LogP contribution >= 0.6 is 11.8 Å². The van der Waals surface area contributed by atoms with E-state index in [1.54, 1.807) is 0 Å². The number of carbonyl (C=O) groups is 4. The van der Waals surface area contributed by atoms with Gasteiger partial charge in [0.1, 0.15) is 17.1 Å². The van der Waals surface area contributed by atoms with Crippen molar-refractivity contribution in [2.24, 2.45) is 0 Å². The molecule has 1 fully saturated rings. The van der Waals surface area contributed by atoms with Gasteiger partial charge in [-0.1, -0.05) is 0 Å². The number of rotatable bonds is 7. The number of aliphatic hydroxyl groups excluding tert-OH is 1. The van der Waals surface area contributed by atoms with E-state index in [4.69, 9.17) is 5.11 Å². The number of carboxylic acids is 2. The first-order valence-electron chi connectivity index (χ1n) is 6.88. The van der Waals surface area contributed by atoms with Gasteiger partial charge in [-0.2, -0.15) is 0 Å². The third-order valence-corrected chi connectivity index (χ3v) is 4.89. The van der Waals surface area contributed by atoms with E-state index < -0.39 is 41.8 Å². The molecule has 1 radical (unpaired) electrons. The molecule has 0 aliphatic carbocycles. The minimum Gasteiger partial charge on any atom is -0.481 e. The molecule has 24 heavy (non-hydrogen) atoms. The number of fused-ring (bicyclic) bond motifs is 1. The first-order valence-corrected chi connectivity index (χ1v) is 7.93. The molecule has 0 aromatic heterocycles. The van der Waals surface area contributed by atoms with E-state index in [1.807, 2.05) is 0 Å². The average Bonchev–Trinajstić information content (AvgIpc) is 2.50. The average molecular weight is 571 g/mol. The second-order valence-corrected chi connectivity index (χ2v) is 6.22. The zero-order valence-electron chi connectivity index (χ0n) is 12.6. The summed E-state index contributed by atoms with van der Waals surface area (Å²) in [5.41, 5.74) is 0.0379. The summed E-state index contributed by atoms with van der Waals surface area (Å²) in [5.74, 6) is -3.02. The Morgan fingerprint density at radius 2 is 1.92 bits per heavy atom. The second kappa shape index (κ2) is 9.18. The number of amides is 2. The summed E-state index contributed by atoms with van der Waals surface area (Å²) in [5, 5.41) is 28.9. The molecule has 2 unspecified atom stereocenters. The van der Waals surface area contributed by atoms with Crippen LogP contribution in [0.1, 0.15) is 19.3 Å². The van der Waals surface area contributed by atoms with Crippen LogP contribution in [0.25, 0.3) is 0 Å². The molecule has 2 atom stereocenters. The molecule has 11 heteroatoms. The van der Waals surface area contributed by atoms with Crippen LogP contribution in [0.2, 0.25) is 0 Å². The Balaban J connectivity index is 0.00000288. The van der Waals surface area contributed by atoms with Crippen molar-refractivity contribution in [1.82, 2.24) is 10.2 Å². The standard InChI is InChI=1S/C13H16N2O7S.Ac/c16-4-6-5-23-12-9(11(20)15(12)10(6)13(21)22)14-7(17)2-1-3-8(18)19;/h9,12,16H,1-5H2,(H,14,17)(H,18,19)(H,21,22);. The summed E-state index contributed by atoms with van der Waals surface area (Å²) in [6.07, 6.45) is 0.0115. The summed E-state index contributed by atoms with van der Waals surface area (Å²) in [6, 6.07) is -0.827. The third kappa shape index (κ3) is 4.50. The van der Waals surface area contributed by atoms with E-state index in [9.17, 15) is 29.4 Å². The van der Waals surface area contributed by atoms with Crippen molar-refractivity contribution in [2.75, 3.05) is 12.4 Å². The van der Waals surface area contributed by atoms with Gasteiger partial charge in [-0.3, -0.25) is 19.3 Å². The minimum atomic E-state index is -1.29. The third-order valence-electron chi connectivity index (χ3n) is 3.55. The van der Waals surface area contributed by atoms with E-state index in [2.05, 4.69) is 5.32 Å². The summed E-state index contributed by atoms with van der Waals surface area (Å²) >= 11 is 1.26. The molecule has 0 aromatic carbocycles. The van der Waals surface area contributed by atoms with E-state index in [-0.39, 0.29) is 80.3 Å². The number of nitrogens with one attached hydrogen (secondary N) is 1. The Labute approximate surface area is 177 Å². The van der Waals surface area contributed by atoms with E-state index in [0.717, 1.165) is 4.90 Å². The van der Waals surface area contributed by atoms with Gasteiger partial charge in [0.2, 0.25) is 5.91 Å². The molecule has 0 bridgehead atoms. The van der Waals surface area contributed by atoms with Crippen molar-refractivity contribution in [3.8, 4) is 0 Å². The largest absolute Gasteiger partial charge is 0.481 e. The Bertz CT molecular complexity index is 595. The van der Waals surface area contributed by atoms with Gasteiger partial charge in [0, 0.05) is 62.7 Å². The maximum absolute atomic E-state index is 12.1. The maximum atomic E-state index is 12.1. The number of carboxylic acid groups (broad SMARTS) is 2. The fourth-order valence-corrected chi connectivity index (χ4v) is 3.79. The molecule has 129 valence electrons. The van der Waals surface area contributed by atoms with E-state index >= 15 is 0 Å². The monoisotopic (exact) mass is 571 g/mol. The van der Waals surface area contributed by atoms with Crippen molar-refractivity contribution in [3.63, 3.8) is 0 Å². The van der Waals surface area contributed by atoms with Gasteiger partial charge in [-0.05, 0) is 12.0 Å². The quantitative estimate of drug-likeness (QED) is 0.284. The number of thioether (sulfide) groups is 1. The second-order valence-electron chi connectivity index (χ2n) is 5.12. The van der Waals surface area contributed by atoms with Crippen LogP contribution in [-0.4, -0.2) is 67.7 Å². The molecule has 2 aliphatic rings. The zero-order valence-corrected chi connectivity index (χ0v) is 18.2. The molecule has 2 rings (SSSR count). The van der Waals surface area contributed by atoms with Crippen molar-refractivity contribution in [3.05, 3.63) is 11.3 Å². The van der Waals surface area contributed by atoms with Crippen molar-refractivity contribution >= 4 is 35.5 Å². The number of aliphatic carboxylic acids is 2. The van der Waals surface area contributed by atoms with Crippen LogP contribution in [-0.2, 0) is 19.2 Å². The minimum absolute atomic E-state index is 0. The predicted molar refractivity (Wildman–Crippen MR) is 78.3 cm³/mol. The summed E-state index contributed by atoms with van der Waals surface area (Å²) < 4.78 is 0. The number of carbonyl (C=O) groups excluding carboxylic acids is 2. The van der Waals surface area contributed by atoms with Crippen LogP contribution in [0.4, 0.5) is 0 Å². The molecular formula is C13H16AcN2O7S. The fourth-order valence-electron chi connectivity index (χ4n) is 2.45. The van der Waals surface area contributed by atoms with Gasteiger partial charge < -0.3 is 20.6 Å². The number of nitrogens with zero attached hydrogens (tertiary/aromatic N) is 1. The van der Waals surface area contributed by atoms with E-state index in [1.165, 1.54) is 11.8 Å². The number of hydrogen-bond acceptors (Lipinski definition) is 6. The molecule has 0 saturated carbocycles. The van der Waals surface area contributed by atoms with Gasteiger partial charge in [-0.25, -0.2) is 4.79 Å². The molecule has 4 N–H and O–H groups in total. The van der Waals surface area contributed by atoms with Crippen molar-refractivity contribution in [1.29, 1.82) is 0 Å². The Kier molecular flexibility index (Phi) is 8.19. The summed E-state index contributed by atoms with van der Waals surface area (Å²) in [7, 11) is 0. The van der Waals surface area contributed by atoms with Crippen LogP contribution in [0.15, 0.2) is 11.3 Å². The van der Waals surface area contributed by atoms with Crippen LogP contribution in [0.5, 0.6) is 0 Å². The molecule has 0 spiro atoms. The van der Waals surface area contributed by atoms with Crippen molar-refractivity contribution in [2.45, 2.75) is 30.7 Å². The number of aliphatic hydroxyl groups is 1. The Hall–Kier alpha value is -0.628. The van der Waals surface area contributed by atoms with Crippen molar-refractivity contribution < 1.29 is 78.6 Å². The van der Waals surface area contributed by atoms with Gasteiger partial charge >= 0.3 is 11.9 Å². The summed E-state index contributed by atoms with van der Waals surface area (Å²) in [6.45, 7) is -0.447. The van der Waals surface area contributed by atoms with Crippen LogP contribution in [0.3, 0.4) is 0 Å².